The van der Waals surface area contributed by atoms with Crippen LogP contribution in [0.2, 0.25) is 10.2 Å². The number of hydrogen-bond donors (Lipinski definition) is 1. The fourth-order valence-electron chi connectivity index (χ4n) is 3.01. The summed E-state index contributed by atoms with van der Waals surface area (Å²) in [6.45, 7) is 1.95. The number of halogens is 2. The molecule has 0 amide bonds. The Balaban J connectivity index is 1.55. The number of benzene rings is 1. The molecule has 4 rings (SSSR count). The lowest BCUT2D eigenvalue weighted by Gasteiger charge is -2.33. The van der Waals surface area contributed by atoms with E-state index in [2.05, 4.69) is 14.9 Å². The van der Waals surface area contributed by atoms with Crippen LogP contribution >= 0.6 is 23.2 Å². The minimum atomic E-state index is -0.0973. The van der Waals surface area contributed by atoms with Crippen molar-refractivity contribution in [2.75, 3.05) is 30.3 Å². The lowest BCUT2D eigenvalue weighted by Crippen LogP contribution is -2.46. The number of nitrogen functional groups attached to an aromatic ring is 1. The van der Waals surface area contributed by atoms with Crippen LogP contribution < -0.4 is 10.6 Å². The largest absolute Gasteiger partial charge is 0.369 e. The second kappa shape index (κ2) is 6.20. The molecule has 1 unspecified atom stereocenters. The molecule has 0 spiro atoms. The SMILES string of the molecule is Nc1nc(Cl)cc(N2CCOC(C3=Nc4cc(Cl)ccc4C3)C2)n1. The highest BCUT2D eigenvalue weighted by atomic mass is 35.5. The number of ether oxygens (including phenoxy) is 1. The van der Waals surface area contributed by atoms with Crippen molar-refractivity contribution in [3.05, 3.63) is 40.0 Å². The van der Waals surface area contributed by atoms with E-state index in [4.69, 9.17) is 38.7 Å². The summed E-state index contributed by atoms with van der Waals surface area (Å²) < 4.78 is 5.92. The second-order valence-corrected chi connectivity index (χ2v) is 6.59. The van der Waals surface area contributed by atoms with E-state index < -0.39 is 0 Å². The molecule has 2 aliphatic rings. The molecule has 2 aliphatic heterocycles. The first-order valence-corrected chi connectivity index (χ1v) is 8.36. The molecule has 3 heterocycles. The Morgan fingerprint density at radius 1 is 1.21 bits per heavy atom. The molecule has 1 saturated heterocycles. The molecule has 6 nitrogen and oxygen atoms in total. The van der Waals surface area contributed by atoms with Crippen LogP contribution in [0.25, 0.3) is 0 Å². The first kappa shape index (κ1) is 15.6. The fraction of sp³-hybridized carbons (Fsp3) is 0.312. The van der Waals surface area contributed by atoms with Gasteiger partial charge in [0.05, 0.1) is 24.6 Å². The van der Waals surface area contributed by atoms with Crippen molar-refractivity contribution in [3.8, 4) is 0 Å². The number of aliphatic imine (C=N–C) groups is 1. The smallest absolute Gasteiger partial charge is 0.223 e. The second-order valence-electron chi connectivity index (χ2n) is 5.77. The Bertz CT molecular complexity index is 806. The van der Waals surface area contributed by atoms with E-state index in [1.807, 2.05) is 18.2 Å². The van der Waals surface area contributed by atoms with Crippen molar-refractivity contribution >= 4 is 46.4 Å². The van der Waals surface area contributed by atoms with E-state index >= 15 is 0 Å². The normalized spacial score (nSPS) is 20.0. The predicted octanol–water partition coefficient (Wildman–Crippen LogP) is 2.90. The van der Waals surface area contributed by atoms with Crippen molar-refractivity contribution in [2.24, 2.45) is 4.99 Å². The Morgan fingerprint density at radius 3 is 2.92 bits per heavy atom. The number of aromatic nitrogens is 2. The number of morpholine rings is 1. The van der Waals surface area contributed by atoms with Crippen molar-refractivity contribution in [2.45, 2.75) is 12.5 Å². The van der Waals surface area contributed by atoms with Gasteiger partial charge in [-0.2, -0.15) is 4.98 Å². The minimum absolute atomic E-state index is 0.0973. The van der Waals surface area contributed by atoms with Gasteiger partial charge in [-0.1, -0.05) is 29.3 Å². The van der Waals surface area contributed by atoms with Gasteiger partial charge < -0.3 is 15.4 Å². The van der Waals surface area contributed by atoms with Crippen molar-refractivity contribution < 1.29 is 4.74 Å². The van der Waals surface area contributed by atoms with E-state index in [0.29, 0.717) is 29.1 Å². The number of nitrogens with two attached hydrogens (primary N) is 1. The van der Waals surface area contributed by atoms with Crippen molar-refractivity contribution in [1.29, 1.82) is 0 Å². The highest BCUT2D eigenvalue weighted by molar-refractivity contribution is 6.31. The van der Waals surface area contributed by atoms with Crippen LogP contribution in [0.1, 0.15) is 5.56 Å². The molecule has 1 aromatic carbocycles. The summed E-state index contributed by atoms with van der Waals surface area (Å²) in [6, 6.07) is 7.50. The van der Waals surface area contributed by atoms with Gasteiger partial charge in [-0.3, -0.25) is 4.99 Å². The zero-order chi connectivity index (χ0) is 16.7. The minimum Gasteiger partial charge on any atom is -0.369 e. The highest BCUT2D eigenvalue weighted by Gasteiger charge is 2.29. The average molecular weight is 364 g/mol. The van der Waals surface area contributed by atoms with Crippen LogP contribution in [0.15, 0.2) is 29.3 Å². The van der Waals surface area contributed by atoms with Crippen LogP contribution in [0.3, 0.4) is 0 Å². The van der Waals surface area contributed by atoms with Crippen molar-refractivity contribution in [1.82, 2.24) is 9.97 Å². The van der Waals surface area contributed by atoms with E-state index in [0.717, 1.165) is 24.4 Å². The maximum absolute atomic E-state index is 6.04. The number of anilines is 2. The molecule has 2 aromatic rings. The number of nitrogens with zero attached hydrogens (tertiary/aromatic N) is 4. The average Bonchev–Trinajstić information content (AvgIpc) is 2.97. The summed E-state index contributed by atoms with van der Waals surface area (Å²) in [6.07, 6.45) is 0.678. The first-order valence-electron chi connectivity index (χ1n) is 7.61. The van der Waals surface area contributed by atoms with Gasteiger partial charge in [-0.25, -0.2) is 4.98 Å². The van der Waals surface area contributed by atoms with Gasteiger partial charge in [0.2, 0.25) is 5.95 Å². The number of hydrogen-bond acceptors (Lipinski definition) is 6. The van der Waals surface area contributed by atoms with Crippen LogP contribution in [-0.2, 0) is 11.2 Å². The highest BCUT2D eigenvalue weighted by Crippen LogP contribution is 2.31. The fourth-order valence-corrected chi connectivity index (χ4v) is 3.36. The summed E-state index contributed by atoms with van der Waals surface area (Å²) >= 11 is 12.0. The van der Waals surface area contributed by atoms with Gasteiger partial charge in [-0.05, 0) is 17.7 Å². The predicted molar refractivity (Wildman–Crippen MR) is 95.7 cm³/mol. The molecule has 0 radical (unpaired) electrons. The third-order valence-corrected chi connectivity index (χ3v) is 4.57. The Hall–Kier alpha value is -1.89. The summed E-state index contributed by atoms with van der Waals surface area (Å²) in [4.78, 5) is 15.0. The molecule has 24 heavy (non-hydrogen) atoms. The maximum Gasteiger partial charge on any atom is 0.223 e. The molecule has 8 heteroatoms. The monoisotopic (exact) mass is 363 g/mol. The zero-order valence-corrected chi connectivity index (χ0v) is 14.3. The van der Waals surface area contributed by atoms with E-state index in [9.17, 15) is 0 Å². The Kier molecular flexibility index (Phi) is 4.04. The third kappa shape index (κ3) is 3.05. The third-order valence-electron chi connectivity index (χ3n) is 4.14. The van der Waals surface area contributed by atoms with Crippen LogP contribution in [0.4, 0.5) is 17.5 Å². The molecule has 1 aromatic heterocycles. The first-order chi connectivity index (χ1) is 11.6. The summed E-state index contributed by atoms with van der Waals surface area (Å²) in [5, 5.41) is 1.02. The quantitative estimate of drug-likeness (QED) is 0.830. The lowest BCUT2D eigenvalue weighted by molar-refractivity contribution is 0.0829. The van der Waals surface area contributed by atoms with Crippen molar-refractivity contribution in [3.63, 3.8) is 0 Å². The standard InChI is InChI=1S/C16H15Cl2N5O/c17-10-2-1-9-5-12(20-11(9)6-10)13-8-23(3-4-24-13)15-7-14(18)21-16(19)22-15/h1-2,6-7,13H,3-5,8H2,(H2,19,21,22). The van der Waals surface area contributed by atoms with Crippen LogP contribution in [0.5, 0.6) is 0 Å². The Morgan fingerprint density at radius 2 is 2.08 bits per heavy atom. The summed E-state index contributed by atoms with van der Waals surface area (Å²) in [5.74, 6) is 0.876. The van der Waals surface area contributed by atoms with Crippen LogP contribution in [0, 0.1) is 0 Å². The van der Waals surface area contributed by atoms with Gasteiger partial charge >= 0.3 is 0 Å². The molecule has 1 atom stereocenters. The van der Waals surface area contributed by atoms with Gasteiger partial charge in [0, 0.05) is 24.1 Å². The van der Waals surface area contributed by atoms with E-state index in [1.165, 1.54) is 5.56 Å². The molecule has 2 N–H and O–H groups in total. The molecular weight excluding hydrogens is 349 g/mol. The topological polar surface area (TPSA) is 76.6 Å². The molecule has 0 aliphatic carbocycles. The van der Waals surface area contributed by atoms with Gasteiger partial charge in [0.15, 0.2) is 0 Å². The molecular formula is C16H15Cl2N5O. The van der Waals surface area contributed by atoms with Gasteiger partial charge in [0.25, 0.3) is 0 Å². The van der Waals surface area contributed by atoms with E-state index in [1.54, 1.807) is 6.07 Å². The summed E-state index contributed by atoms with van der Waals surface area (Å²) in [7, 11) is 0. The molecule has 0 bridgehead atoms. The lowest BCUT2D eigenvalue weighted by atomic mass is 10.1. The molecule has 124 valence electrons. The zero-order valence-electron chi connectivity index (χ0n) is 12.7. The van der Waals surface area contributed by atoms with Crippen LogP contribution in [-0.4, -0.2) is 41.5 Å². The molecule has 0 saturated carbocycles. The van der Waals surface area contributed by atoms with Gasteiger partial charge in [0.1, 0.15) is 17.1 Å². The maximum atomic E-state index is 6.04. The number of fused-ring (bicyclic) bond motifs is 1. The molecule has 1 fully saturated rings. The Labute approximate surface area is 149 Å². The summed E-state index contributed by atoms with van der Waals surface area (Å²) in [5.41, 5.74) is 8.79. The number of rotatable bonds is 2. The van der Waals surface area contributed by atoms with Gasteiger partial charge in [-0.15, -0.1) is 0 Å². The van der Waals surface area contributed by atoms with E-state index in [-0.39, 0.29) is 12.1 Å².